The molecule has 0 aromatic carbocycles. The first-order chi connectivity index (χ1) is 17.3. The van der Waals surface area contributed by atoms with Crippen molar-refractivity contribution in [3.8, 4) is 11.4 Å². The number of morpholine rings is 1. The van der Waals surface area contributed by atoms with Crippen LogP contribution < -0.4 is 10.2 Å². The first-order valence-electron chi connectivity index (χ1n) is 13.0. The molecule has 2 aliphatic rings. The van der Waals surface area contributed by atoms with Crippen molar-refractivity contribution < 1.29 is 18.9 Å². The summed E-state index contributed by atoms with van der Waals surface area (Å²) in [5.74, 6) is 1.01. The maximum atomic E-state index is 13.8. The minimum absolute atomic E-state index is 0.103. The van der Waals surface area contributed by atoms with Gasteiger partial charge in [-0.15, -0.1) is 0 Å². The van der Waals surface area contributed by atoms with Gasteiger partial charge < -0.3 is 19.3 Å². The molecule has 194 valence electrons. The van der Waals surface area contributed by atoms with Crippen LogP contribution in [-0.2, 0) is 14.0 Å². The molecule has 0 spiro atoms. The van der Waals surface area contributed by atoms with Gasteiger partial charge in [-0.3, -0.25) is 9.55 Å². The van der Waals surface area contributed by atoms with Crippen molar-refractivity contribution in [2.45, 2.75) is 58.7 Å². The fourth-order valence-corrected chi connectivity index (χ4v) is 6.99. The fraction of sp³-hybridized carbons (Fsp3) is 0.577. The van der Waals surface area contributed by atoms with E-state index < -0.39 is 7.37 Å². The summed E-state index contributed by atoms with van der Waals surface area (Å²) in [5.41, 5.74) is 2.06. The van der Waals surface area contributed by atoms with Gasteiger partial charge in [0.1, 0.15) is 17.0 Å². The quantitative estimate of drug-likeness (QED) is 0.465. The molecule has 0 bridgehead atoms. The Morgan fingerprint density at radius 3 is 2.83 bits per heavy atom. The minimum Gasteiger partial charge on any atom is -0.377 e. The summed E-state index contributed by atoms with van der Waals surface area (Å²) >= 11 is 0. The molecule has 2 fully saturated rings. The van der Waals surface area contributed by atoms with Gasteiger partial charge in [-0.1, -0.05) is 13.8 Å². The van der Waals surface area contributed by atoms with Crippen molar-refractivity contribution in [3.63, 3.8) is 0 Å². The monoisotopic (exact) mass is 513 g/mol. The van der Waals surface area contributed by atoms with Crippen molar-refractivity contribution in [1.29, 1.82) is 0 Å². The average Bonchev–Trinajstić information content (AvgIpc) is 3.37. The zero-order valence-corrected chi connectivity index (χ0v) is 22.2. The Labute approximate surface area is 212 Å². The lowest BCUT2D eigenvalue weighted by Crippen LogP contribution is -2.44. The highest BCUT2D eigenvalue weighted by molar-refractivity contribution is 7.66. The summed E-state index contributed by atoms with van der Waals surface area (Å²) in [7, 11) is -3.65. The second-order valence-electron chi connectivity index (χ2n) is 10.3. The molecule has 0 amide bonds. The van der Waals surface area contributed by atoms with Crippen LogP contribution in [0.2, 0.25) is 0 Å². The Morgan fingerprint density at radius 2 is 2.08 bits per heavy atom. The van der Waals surface area contributed by atoms with Crippen LogP contribution in [-0.4, -0.2) is 63.2 Å². The molecular weight excluding hydrogens is 477 g/mol. The first-order valence-corrected chi connectivity index (χ1v) is 14.8. The van der Waals surface area contributed by atoms with Crippen LogP contribution >= 0.6 is 7.37 Å². The molecule has 1 N–H and O–H groups in total. The van der Waals surface area contributed by atoms with Crippen LogP contribution in [0.25, 0.3) is 22.3 Å². The standard InChI is InChI=1S/C26H36N5O4P/c1-18(2)9-15-36(32,33)22-16-23(30-12-14-34-17-19(30)3)29-25-20(22)7-10-27-26(25)21-8-11-28-31(21)24-6-4-5-13-35-24/h7-8,10-11,16,18-19,24H,4-6,9,12-15,17H2,1-3H3,(H,32,33)/t19-,24?/m1/s1. The number of fused-ring (bicyclic) bond motifs is 1. The van der Waals surface area contributed by atoms with Gasteiger partial charge in [0, 0.05) is 42.4 Å². The Balaban J connectivity index is 1.68. The largest absolute Gasteiger partial charge is 0.377 e. The summed E-state index contributed by atoms with van der Waals surface area (Å²) in [4.78, 5) is 23.3. The third-order valence-electron chi connectivity index (χ3n) is 7.08. The molecule has 0 radical (unpaired) electrons. The number of rotatable bonds is 7. The van der Waals surface area contributed by atoms with Crippen molar-refractivity contribution in [1.82, 2.24) is 19.7 Å². The summed E-state index contributed by atoms with van der Waals surface area (Å²) in [6, 6.07) is 5.65. The summed E-state index contributed by atoms with van der Waals surface area (Å²) < 4.78 is 27.3. The molecule has 0 aliphatic carbocycles. The maximum Gasteiger partial charge on any atom is 0.230 e. The molecule has 2 unspecified atom stereocenters. The smallest absolute Gasteiger partial charge is 0.230 e. The van der Waals surface area contributed by atoms with E-state index in [1.807, 2.05) is 22.9 Å². The van der Waals surface area contributed by atoms with Crippen molar-refractivity contribution in [2.75, 3.05) is 37.4 Å². The highest BCUT2D eigenvalue weighted by Crippen LogP contribution is 2.44. The van der Waals surface area contributed by atoms with E-state index in [1.165, 1.54) is 0 Å². The zero-order chi connectivity index (χ0) is 25.3. The first kappa shape index (κ1) is 25.3. The number of anilines is 1. The molecule has 3 aromatic rings. The third kappa shape index (κ3) is 5.07. The Bertz CT molecular complexity index is 1260. The number of nitrogens with zero attached hydrogens (tertiary/aromatic N) is 5. The second-order valence-corrected chi connectivity index (χ2v) is 12.6. The Kier molecular flexibility index (Phi) is 7.45. The summed E-state index contributed by atoms with van der Waals surface area (Å²) in [6.45, 7) is 8.79. The van der Waals surface area contributed by atoms with Gasteiger partial charge >= 0.3 is 0 Å². The van der Waals surface area contributed by atoms with Gasteiger partial charge in [-0.05, 0) is 56.7 Å². The van der Waals surface area contributed by atoms with Crippen LogP contribution in [0, 0.1) is 5.92 Å². The molecule has 3 atom stereocenters. The van der Waals surface area contributed by atoms with Crippen molar-refractivity contribution in [3.05, 3.63) is 30.6 Å². The van der Waals surface area contributed by atoms with E-state index in [0.29, 0.717) is 66.4 Å². The highest BCUT2D eigenvalue weighted by atomic mass is 31.2. The van der Waals surface area contributed by atoms with Crippen LogP contribution in [0.4, 0.5) is 5.82 Å². The second kappa shape index (κ2) is 10.6. The van der Waals surface area contributed by atoms with E-state index in [9.17, 15) is 9.46 Å². The van der Waals surface area contributed by atoms with Crippen molar-refractivity contribution >= 4 is 29.4 Å². The average molecular weight is 514 g/mol. The molecule has 3 aromatic heterocycles. The lowest BCUT2D eigenvalue weighted by atomic mass is 10.1. The van der Waals surface area contributed by atoms with Crippen LogP contribution in [0.5, 0.6) is 0 Å². The molecular formula is C26H36N5O4P. The molecule has 5 rings (SSSR count). The van der Waals surface area contributed by atoms with Crippen LogP contribution in [0.3, 0.4) is 0 Å². The van der Waals surface area contributed by atoms with Gasteiger partial charge in [0.25, 0.3) is 0 Å². The van der Waals surface area contributed by atoms with Gasteiger partial charge in [0.2, 0.25) is 7.37 Å². The van der Waals surface area contributed by atoms with E-state index in [1.54, 1.807) is 12.4 Å². The summed E-state index contributed by atoms with van der Waals surface area (Å²) in [5, 5.41) is 5.67. The van der Waals surface area contributed by atoms with Gasteiger partial charge in [-0.2, -0.15) is 5.10 Å². The van der Waals surface area contributed by atoms with E-state index in [0.717, 1.165) is 25.0 Å². The van der Waals surface area contributed by atoms with Crippen LogP contribution in [0.1, 0.15) is 52.7 Å². The molecule has 2 saturated heterocycles. The number of pyridine rings is 2. The van der Waals surface area contributed by atoms with E-state index in [4.69, 9.17) is 19.4 Å². The van der Waals surface area contributed by atoms with Crippen LogP contribution in [0.15, 0.2) is 30.6 Å². The topological polar surface area (TPSA) is 103 Å². The molecule has 0 saturated carbocycles. The lowest BCUT2D eigenvalue weighted by molar-refractivity contribution is -0.0383. The van der Waals surface area contributed by atoms with E-state index in [-0.39, 0.29) is 18.4 Å². The van der Waals surface area contributed by atoms with Gasteiger partial charge in [0.05, 0.1) is 24.9 Å². The summed E-state index contributed by atoms with van der Waals surface area (Å²) in [6.07, 6.45) is 7.21. The Morgan fingerprint density at radius 1 is 1.22 bits per heavy atom. The van der Waals surface area contributed by atoms with E-state index in [2.05, 4.69) is 30.8 Å². The van der Waals surface area contributed by atoms with E-state index >= 15 is 0 Å². The highest BCUT2D eigenvalue weighted by Gasteiger charge is 2.30. The number of aromatic nitrogens is 4. The fourth-order valence-electron chi connectivity index (χ4n) is 5.01. The predicted octanol–water partition coefficient (Wildman–Crippen LogP) is 4.36. The number of ether oxygens (including phenoxy) is 2. The Hall–Kier alpha value is -2.32. The molecule has 36 heavy (non-hydrogen) atoms. The molecule has 10 heteroatoms. The maximum absolute atomic E-state index is 13.8. The van der Waals surface area contributed by atoms with Gasteiger partial charge in [-0.25, -0.2) is 9.67 Å². The molecule has 2 aliphatic heterocycles. The number of hydrogen-bond acceptors (Lipinski definition) is 7. The lowest BCUT2D eigenvalue weighted by Gasteiger charge is -2.35. The van der Waals surface area contributed by atoms with Crippen molar-refractivity contribution in [2.24, 2.45) is 5.92 Å². The normalized spacial score (nSPS) is 22.8. The zero-order valence-electron chi connectivity index (χ0n) is 21.3. The minimum atomic E-state index is -3.65. The molecule has 5 heterocycles. The number of hydrogen-bond donors (Lipinski definition) is 1. The van der Waals surface area contributed by atoms with Gasteiger partial charge in [0.15, 0.2) is 6.23 Å². The SMILES string of the molecule is CC(C)CCP(=O)(O)c1cc(N2CCOC[C@H]2C)nc2c(-c3ccnn3C3CCCCO3)nccc12. The molecule has 9 nitrogen and oxygen atoms in total. The predicted molar refractivity (Wildman–Crippen MR) is 141 cm³/mol. The third-order valence-corrected chi connectivity index (χ3v) is 9.07.